The Morgan fingerprint density at radius 3 is 2.58 bits per heavy atom. The fourth-order valence-corrected chi connectivity index (χ4v) is 1.47. The Balaban J connectivity index is 2.41. The predicted octanol–water partition coefficient (Wildman–Crippen LogP) is 2.29. The fourth-order valence-electron chi connectivity index (χ4n) is 1.39. The number of hydrogen-bond acceptors (Lipinski definition) is 8. The minimum Gasteiger partial charge on any atom is -0.507 e. The topological polar surface area (TPSA) is 115 Å². The normalized spacial score (nSPS) is 13.0. The summed E-state index contributed by atoms with van der Waals surface area (Å²) in [6, 6.07) is 0. The standard InChI is InChI=1S/C12H17ClF3N5O3/c1-11(2,19-10-18-9(17)8(13)20-21-10)5-23-3-7(22)4-24-6-12(14,15)16/h4,22H,3,5-6H2,1-2H3,(H3,17,18,19,21)/b7-4-. The van der Waals surface area contributed by atoms with Gasteiger partial charge in [0.25, 0.3) is 0 Å². The third-order valence-corrected chi connectivity index (χ3v) is 2.57. The monoisotopic (exact) mass is 371 g/mol. The van der Waals surface area contributed by atoms with Crippen LogP contribution in [0.15, 0.2) is 12.0 Å². The number of ether oxygens (including phenoxy) is 2. The van der Waals surface area contributed by atoms with Crippen LogP contribution in [0, 0.1) is 0 Å². The van der Waals surface area contributed by atoms with E-state index in [9.17, 15) is 18.3 Å². The van der Waals surface area contributed by atoms with Crippen molar-refractivity contribution in [2.24, 2.45) is 0 Å². The Kier molecular flexibility index (Phi) is 6.84. The molecule has 136 valence electrons. The molecule has 1 rings (SSSR count). The first-order valence-electron chi connectivity index (χ1n) is 6.56. The van der Waals surface area contributed by atoms with Gasteiger partial charge in [0.15, 0.2) is 23.3 Å². The predicted molar refractivity (Wildman–Crippen MR) is 80.5 cm³/mol. The highest BCUT2D eigenvalue weighted by Gasteiger charge is 2.27. The summed E-state index contributed by atoms with van der Waals surface area (Å²) in [5.41, 5.74) is 4.82. The second kappa shape index (κ2) is 8.20. The van der Waals surface area contributed by atoms with Gasteiger partial charge in [-0.2, -0.15) is 18.2 Å². The van der Waals surface area contributed by atoms with Crippen molar-refractivity contribution in [3.63, 3.8) is 0 Å². The van der Waals surface area contributed by atoms with Crippen LogP contribution < -0.4 is 11.1 Å². The Morgan fingerprint density at radius 2 is 2.00 bits per heavy atom. The lowest BCUT2D eigenvalue weighted by atomic mass is 10.1. The number of anilines is 2. The van der Waals surface area contributed by atoms with E-state index in [1.54, 1.807) is 13.8 Å². The number of nitrogen functional groups attached to an aromatic ring is 1. The number of aliphatic hydroxyl groups excluding tert-OH is 1. The Morgan fingerprint density at radius 1 is 1.33 bits per heavy atom. The minimum atomic E-state index is -4.47. The van der Waals surface area contributed by atoms with E-state index >= 15 is 0 Å². The minimum absolute atomic E-state index is 0.00766. The number of rotatable bonds is 8. The molecular weight excluding hydrogens is 355 g/mol. The molecule has 4 N–H and O–H groups in total. The molecule has 1 heterocycles. The number of aliphatic hydroxyl groups is 1. The molecule has 0 bridgehead atoms. The summed E-state index contributed by atoms with van der Waals surface area (Å²) in [5, 5.41) is 19.5. The van der Waals surface area contributed by atoms with Gasteiger partial charge in [0, 0.05) is 0 Å². The fraction of sp³-hybridized carbons (Fsp3) is 0.583. The molecule has 24 heavy (non-hydrogen) atoms. The lowest BCUT2D eigenvalue weighted by molar-refractivity contribution is -0.162. The summed E-state index contributed by atoms with van der Waals surface area (Å²) in [5.74, 6) is -0.351. The van der Waals surface area contributed by atoms with Gasteiger partial charge in [0.1, 0.15) is 12.9 Å². The first kappa shape index (κ1) is 20.0. The number of hydrogen-bond donors (Lipinski definition) is 3. The molecule has 0 aromatic carbocycles. The Labute approximate surface area is 140 Å². The number of nitrogens with two attached hydrogens (primary N) is 1. The summed E-state index contributed by atoms with van der Waals surface area (Å²) >= 11 is 5.61. The summed E-state index contributed by atoms with van der Waals surface area (Å²) in [4.78, 5) is 3.88. The molecule has 0 aliphatic carbocycles. The number of nitrogens with zero attached hydrogens (tertiary/aromatic N) is 3. The van der Waals surface area contributed by atoms with Crippen LogP contribution in [0.2, 0.25) is 5.15 Å². The van der Waals surface area contributed by atoms with Crippen molar-refractivity contribution in [3.05, 3.63) is 17.2 Å². The largest absolute Gasteiger partial charge is 0.507 e. The van der Waals surface area contributed by atoms with Gasteiger partial charge in [-0.1, -0.05) is 11.6 Å². The molecular formula is C12H17ClF3N5O3. The maximum atomic E-state index is 11.9. The molecule has 0 atom stereocenters. The molecule has 1 aromatic rings. The first-order valence-corrected chi connectivity index (χ1v) is 6.94. The van der Waals surface area contributed by atoms with E-state index in [2.05, 4.69) is 25.2 Å². The van der Waals surface area contributed by atoms with Crippen LogP contribution in [-0.2, 0) is 9.47 Å². The van der Waals surface area contributed by atoms with E-state index in [1.165, 1.54) is 0 Å². The van der Waals surface area contributed by atoms with Gasteiger partial charge in [-0.25, -0.2) is 0 Å². The zero-order chi connectivity index (χ0) is 18.4. The van der Waals surface area contributed by atoms with Crippen molar-refractivity contribution in [1.29, 1.82) is 0 Å². The van der Waals surface area contributed by atoms with Gasteiger partial charge < -0.3 is 25.6 Å². The van der Waals surface area contributed by atoms with Gasteiger partial charge in [-0.3, -0.25) is 0 Å². The van der Waals surface area contributed by atoms with Crippen LogP contribution >= 0.6 is 11.6 Å². The maximum Gasteiger partial charge on any atom is 0.422 e. The third kappa shape index (κ3) is 8.02. The van der Waals surface area contributed by atoms with Crippen LogP contribution in [0.5, 0.6) is 0 Å². The number of alkyl halides is 3. The zero-order valence-corrected chi connectivity index (χ0v) is 13.6. The average Bonchev–Trinajstić information content (AvgIpc) is 2.41. The van der Waals surface area contributed by atoms with Crippen molar-refractivity contribution in [2.45, 2.75) is 25.6 Å². The van der Waals surface area contributed by atoms with Crippen LogP contribution in [0.25, 0.3) is 0 Å². The lowest BCUT2D eigenvalue weighted by Crippen LogP contribution is -2.37. The number of aromatic nitrogens is 3. The SMILES string of the molecule is CC(C)(COC/C(O)=C/OCC(F)(F)F)Nc1nnc(Cl)c(N)n1. The van der Waals surface area contributed by atoms with E-state index in [0.29, 0.717) is 6.26 Å². The highest BCUT2D eigenvalue weighted by molar-refractivity contribution is 6.31. The van der Waals surface area contributed by atoms with Crippen molar-refractivity contribution < 1.29 is 27.8 Å². The van der Waals surface area contributed by atoms with Crippen molar-refractivity contribution >= 4 is 23.4 Å². The van der Waals surface area contributed by atoms with Gasteiger partial charge in [-0.05, 0) is 13.8 Å². The second-order valence-electron chi connectivity index (χ2n) is 5.35. The molecule has 0 spiro atoms. The summed E-state index contributed by atoms with van der Waals surface area (Å²) in [6.45, 7) is 1.72. The van der Waals surface area contributed by atoms with Gasteiger partial charge in [0.05, 0.1) is 12.1 Å². The molecule has 0 fully saturated rings. The smallest absolute Gasteiger partial charge is 0.422 e. The van der Waals surface area contributed by atoms with Crippen LogP contribution in [-0.4, -0.2) is 51.8 Å². The summed E-state index contributed by atoms with van der Waals surface area (Å²) in [7, 11) is 0. The van der Waals surface area contributed by atoms with Gasteiger partial charge in [-0.15, -0.1) is 10.2 Å². The maximum absolute atomic E-state index is 11.9. The van der Waals surface area contributed by atoms with E-state index in [1.807, 2.05) is 0 Å². The molecule has 0 radical (unpaired) electrons. The van der Waals surface area contributed by atoms with Crippen molar-refractivity contribution in [3.8, 4) is 0 Å². The molecule has 0 unspecified atom stereocenters. The number of nitrogens with one attached hydrogen (secondary N) is 1. The molecule has 0 saturated heterocycles. The Hall–Kier alpha value is -2.01. The highest BCUT2D eigenvalue weighted by Crippen LogP contribution is 2.16. The number of halogens is 4. The first-order chi connectivity index (χ1) is 11.0. The third-order valence-electron chi connectivity index (χ3n) is 2.30. The second-order valence-corrected chi connectivity index (χ2v) is 5.71. The lowest BCUT2D eigenvalue weighted by Gasteiger charge is -2.25. The molecule has 0 aliphatic heterocycles. The molecule has 12 heteroatoms. The highest BCUT2D eigenvalue weighted by atomic mass is 35.5. The average molecular weight is 372 g/mol. The van der Waals surface area contributed by atoms with E-state index in [-0.39, 0.29) is 30.1 Å². The van der Waals surface area contributed by atoms with E-state index in [0.717, 1.165) is 0 Å². The quantitative estimate of drug-likeness (QED) is 0.596. The van der Waals surface area contributed by atoms with Crippen LogP contribution in [0.4, 0.5) is 24.9 Å². The molecule has 8 nitrogen and oxygen atoms in total. The summed E-state index contributed by atoms with van der Waals surface area (Å²) in [6.07, 6.45) is -3.89. The Bertz CT molecular complexity index is 584. The van der Waals surface area contributed by atoms with E-state index in [4.69, 9.17) is 22.1 Å². The van der Waals surface area contributed by atoms with Gasteiger partial charge >= 0.3 is 6.18 Å². The summed E-state index contributed by atoms with van der Waals surface area (Å²) < 4.78 is 45.0. The molecule has 1 aromatic heterocycles. The zero-order valence-electron chi connectivity index (χ0n) is 12.9. The van der Waals surface area contributed by atoms with Crippen molar-refractivity contribution in [2.75, 3.05) is 30.9 Å². The van der Waals surface area contributed by atoms with Crippen molar-refractivity contribution in [1.82, 2.24) is 15.2 Å². The molecule has 0 aliphatic rings. The molecule has 0 saturated carbocycles. The molecule has 0 amide bonds. The van der Waals surface area contributed by atoms with E-state index < -0.39 is 24.1 Å². The van der Waals surface area contributed by atoms with Crippen LogP contribution in [0.1, 0.15) is 13.8 Å². The van der Waals surface area contributed by atoms with Gasteiger partial charge in [0.2, 0.25) is 5.95 Å². The van der Waals surface area contributed by atoms with Crippen LogP contribution in [0.3, 0.4) is 0 Å².